The predicted octanol–water partition coefficient (Wildman–Crippen LogP) is 3.86. The maximum absolute atomic E-state index is 14.3. The van der Waals surface area contributed by atoms with Crippen molar-refractivity contribution in [3.8, 4) is 5.69 Å². The van der Waals surface area contributed by atoms with Crippen LogP contribution in [0.4, 0.5) is 13.2 Å². The molecule has 0 atom stereocenters. The lowest BCUT2D eigenvalue weighted by atomic mass is 10.2. The molecule has 0 fully saturated rings. The van der Waals surface area contributed by atoms with Crippen molar-refractivity contribution < 1.29 is 13.2 Å². The number of imidazole rings is 1. The van der Waals surface area contributed by atoms with E-state index in [9.17, 15) is 22.8 Å². The van der Waals surface area contributed by atoms with Crippen molar-refractivity contribution in [2.45, 2.75) is 13.1 Å². The van der Waals surface area contributed by atoms with Crippen molar-refractivity contribution in [3.05, 3.63) is 129 Å². The Hall–Kier alpha value is -4.40. The summed E-state index contributed by atoms with van der Waals surface area (Å²) < 4.78 is 44.9. The van der Waals surface area contributed by atoms with E-state index in [2.05, 4.69) is 4.98 Å². The average Bonchev–Trinajstić information content (AvgIpc) is 3.24. The van der Waals surface area contributed by atoms with Crippen LogP contribution in [0.15, 0.2) is 88.7 Å². The molecule has 0 unspecified atom stereocenters. The molecule has 0 N–H and O–H groups in total. The van der Waals surface area contributed by atoms with Crippen molar-refractivity contribution in [1.82, 2.24) is 18.7 Å². The molecule has 0 aliphatic carbocycles. The summed E-state index contributed by atoms with van der Waals surface area (Å²) in [6.45, 7) is -0.115. The molecule has 2 heterocycles. The van der Waals surface area contributed by atoms with Gasteiger partial charge in [-0.2, -0.15) is 0 Å². The molecule has 9 heteroatoms. The second-order valence-electron chi connectivity index (χ2n) is 7.75. The van der Waals surface area contributed by atoms with Gasteiger partial charge in [0.05, 0.1) is 18.6 Å². The third kappa shape index (κ3) is 3.81. The van der Waals surface area contributed by atoms with Gasteiger partial charge in [-0.1, -0.05) is 30.3 Å². The lowest BCUT2D eigenvalue weighted by Gasteiger charge is -2.13. The molecule has 5 aromatic rings. The molecule has 2 aromatic heterocycles. The van der Waals surface area contributed by atoms with E-state index >= 15 is 0 Å². The van der Waals surface area contributed by atoms with Crippen LogP contribution < -0.4 is 11.2 Å². The van der Waals surface area contributed by atoms with Crippen LogP contribution in [0.5, 0.6) is 0 Å². The van der Waals surface area contributed by atoms with E-state index in [1.165, 1.54) is 65.5 Å². The van der Waals surface area contributed by atoms with Crippen molar-refractivity contribution in [1.29, 1.82) is 0 Å². The van der Waals surface area contributed by atoms with Gasteiger partial charge in [0.25, 0.3) is 5.56 Å². The molecule has 0 bridgehead atoms. The molecule has 3 aromatic carbocycles. The normalized spacial score (nSPS) is 11.3. The zero-order valence-electron chi connectivity index (χ0n) is 17.7. The summed E-state index contributed by atoms with van der Waals surface area (Å²) in [4.78, 5) is 31.2. The van der Waals surface area contributed by atoms with E-state index in [0.717, 1.165) is 4.57 Å². The number of fused-ring (bicyclic) bond motifs is 1. The standard InChI is InChI=1S/C25H17F3N4O2/c26-18-7-5-16(6-8-18)13-30-15-29-23-22(30)24(33)31(14-17-3-1-2-4-21(17)28)25(34)32(23)20-11-9-19(27)10-12-20/h1-12,15H,13-14H2. The van der Waals surface area contributed by atoms with E-state index in [1.54, 1.807) is 22.8 Å². The zero-order valence-corrected chi connectivity index (χ0v) is 17.7. The minimum Gasteiger partial charge on any atom is -0.320 e. The number of hydrogen-bond acceptors (Lipinski definition) is 3. The van der Waals surface area contributed by atoms with Gasteiger partial charge in [0.1, 0.15) is 17.5 Å². The van der Waals surface area contributed by atoms with Gasteiger partial charge in [-0.25, -0.2) is 27.5 Å². The number of halogens is 3. The quantitative estimate of drug-likeness (QED) is 0.399. The summed E-state index contributed by atoms with van der Waals surface area (Å²) in [6.07, 6.45) is 1.41. The lowest BCUT2D eigenvalue weighted by molar-refractivity contribution is 0.586. The van der Waals surface area contributed by atoms with Gasteiger partial charge in [0.2, 0.25) is 0 Å². The molecule has 0 aliphatic heterocycles. The van der Waals surface area contributed by atoms with E-state index < -0.39 is 28.7 Å². The lowest BCUT2D eigenvalue weighted by Crippen LogP contribution is -2.40. The SMILES string of the molecule is O=c1c2c(ncn2Cc2ccc(F)cc2)n(-c2ccc(F)cc2)c(=O)n1Cc1ccccc1F. The largest absolute Gasteiger partial charge is 0.337 e. The smallest absolute Gasteiger partial charge is 0.320 e. The van der Waals surface area contributed by atoms with Crippen molar-refractivity contribution in [2.75, 3.05) is 0 Å². The summed E-state index contributed by atoms with van der Waals surface area (Å²) in [7, 11) is 0. The van der Waals surface area contributed by atoms with Gasteiger partial charge in [0, 0.05) is 12.1 Å². The van der Waals surface area contributed by atoms with E-state index in [0.29, 0.717) is 11.3 Å². The van der Waals surface area contributed by atoms with Crippen LogP contribution in [0.2, 0.25) is 0 Å². The third-order valence-electron chi connectivity index (χ3n) is 5.54. The van der Waals surface area contributed by atoms with Crippen LogP contribution in [0.1, 0.15) is 11.1 Å². The van der Waals surface area contributed by atoms with Crippen LogP contribution in [0.3, 0.4) is 0 Å². The van der Waals surface area contributed by atoms with E-state index in [-0.39, 0.29) is 29.8 Å². The molecule has 0 saturated heterocycles. The second kappa shape index (κ2) is 8.51. The molecule has 0 amide bonds. The first-order valence-electron chi connectivity index (χ1n) is 10.4. The fourth-order valence-electron chi connectivity index (χ4n) is 3.85. The Morgan fingerprint density at radius 2 is 1.41 bits per heavy atom. The number of hydrogen-bond donors (Lipinski definition) is 0. The first kappa shape index (κ1) is 21.4. The van der Waals surface area contributed by atoms with Gasteiger partial charge >= 0.3 is 5.69 Å². The second-order valence-corrected chi connectivity index (χ2v) is 7.75. The first-order valence-corrected chi connectivity index (χ1v) is 10.4. The zero-order chi connectivity index (χ0) is 23.8. The van der Waals surface area contributed by atoms with Gasteiger partial charge < -0.3 is 4.57 Å². The Kier molecular flexibility index (Phi) is 5.37. The molecular weight excluding hydrogens is 445 g/mol. The highest BCUT2D eigenvalue weighted by molar-refractivity contribution is 5.72. The van der Waals surface area contributed by atoms with Gasteiger partial charge in [0.15, 0.2) is 11.2 Å². The monoisotopic (exact) mass is 462 g/mol. The Morgan fingerprint density at radius 3 is 2.09 bits per heavy atom. The van der Waals surface area contributed by atoms with E-state index in [4.69, 9.17) is 0 Å². The highest BCUT2D eigenvalue weighted by atomic mass is 19.1. The number of rotatable bonds is 5. The molecular formula is C25H17F3N4O2. The molecule has 34 heavy (non-hydrogen) atoms. The molecule has 5 rings (SSSR count). The fraction of sp³-hybridized carbons (Fsp3) is 0.0800. The van der Waals surface area contributed by atoms with Crippen LogP contribution in [0, 0.1) is 17.5 Å². The Bertz CT molecular complexity index is 1620. The van der Waals surface area contributed by atoms with Gasteiger partial charge in [-0.05, 0) is 48.0 Å². The van der Waals surface area contributed by atoms with Gasteiger partial charge in [-0.15, -0.1) is 0 Å². The summed E-state index contributed by atoms with van der Waals surface area (Å²) in [5.41, 5.74) is -0.0407. The molecule has 0 aliphatic rings. The Morgan fingerprint density at radius 1 is 0.765 bits per heavy atom. The number of benzene rings is 3. The minimum absolute atomic E-state index is 0.0773. The summed E-state index contributed by atoms with van der Waals surface area (Å²) >= 11 is 0. The van der Waals surface area contributed by atoms with Crippen molar-refractivity contribution >= 4 is 11.2 Å². The van der Waals surface area contributed by atoms with E-state index in [1.807, 2.05) is 0 Å². The minimum atomic E-state index is -0.737. The Balaban J connectivity index is 1.75. The summed E-state index contributed by atoms with van der Waals surface area (Å²) in [5, 5.41) is 0. The molecule has 170 valence electrons. The van der Waals surface area contributed by atoms with Crippen LogP contribution >= 0.6 is 0 Å². The third-order valence-corrected chi connectivity index (χ3v) is 5.54. The van der Waals surface area contributed by atoms with Crippen molar-refractivity contribution in [3.63, 3.8) is 0 Å². The summed E-state index contributed by atoms with van der Waals surface area (Å²) in [6, 6.07) is 16.8. The number of nitrogens with zero attached hydrogens (tertiary/aromatic N) is 4. The van der Waals surface area contributed by atoms with Gasteiger partial charge in [-0.3, -0.25) is 9.36 Å². The maximum Gasteiger partial charge on any atom is 0.337 e. The van der Waals surface area contributed by atoms with Crippen LogP contribution in [-0.4, -0.2) is 18.7 Å². The molecule has 0 saturated carbocycles. The van der Waals surface area contributed by atoms with Crippen molar-refractivity contribution in [2.24, 2.45) is 0 Å². The topological polar surface area (TPSA) is 61.8 Å². The van der Waals surface area contributed by atoms with Crippen LogP contribution in [0.25, 0.3) is 16.9 Å². The maximum atomic E-state index is 14.3. The highest BCUT2D eigenvalue weighted by Gasteiger charge is 2.20. The number of aromatic nitrogens is 4. The predicted molar refractivity (Wildman–Crippen MR) is 121 cm³/mol. The first-order chi connectivity index (χ1) is 16.4. The molecule has 0 radical (unpaired) electrons. The van der Waals surface area contributed by atoms with Crippen LogP contribution in [-0.2, 0) is 13.1 Å². The summed E-state index contributed by atoms with van der Waals surface area (Å²) in [5.74, 6) is -1.44. The highest BCUT2D eigenvalue weighted by Crippen LogP contribution is 2.16. The average molecular weight is 462 g/mol. The fourth-order valence-corrected chi connectivity index (χ4v) is 3.85. The molecule has 6 nitrogen and oxygen atoms in total. The molecule has 0 spiro atoms. The Labute approximate surface area is 190 Å².